The van der Waals surface area contributed by atoms with Crippen LogP contribution in [0.25, 0.3) is 0 Å². The average Bonchev–Trinajstić information content (AvgIpc) is 2.65. The summed E-state index contributed by atoms with van der Waals surface area (Å²) in [7, 11) is 1.64. The second-order valence-electron chi connectivity index (χ2n) is 5.44. The number of ether oxygens (including phenoxy) is 1. The van der Waals surface area contributed by atoms with Gasteiger partial charge in [0.2, 0.25) is 0 Å². The molecular formula is C19H25FIN3O2. The molecule has 0 atom stereocenters. The summed E-state index contributed by atoms with van der Waals surface area (Å²) in [6, 6.07) is 12.4. The van der Waals surface area contributed by atoms with Gasteiger partial charge in [0.25, 0.3) is 0 Å². The second-order valence-corrected chi connectivity index (χ2v) is 5.44. The number of aliphatic imine (C=N–C) groups is 1. The van der Waals surface area contributed by atoms with Crippen LogP contribution in [-0.2, 0) is 19.7 Å². The Hall–Kier alpha value is -1.87. The van der Waals surface area contributed by atoms with E-state index in [9.17, 15) is 4.39 Å². The van der Waals surface area contributed by atoms with Gasteiger partial charge >= 0.3 is 0 Å². The Morgan fingerprint density at radius 1 is 1.15 bits per heavy atom. The Morgan fingerprint density at radius 3 is 2.62 bits per heavy atom. The first kappa shape index (κ1) is 22.2. The molecule has 2 rings (SSSR count). The van der Waals surface area contributed by atoms with E-state index in [1.165, 1.54) is 6.07 Å². The lowest BCUT2D eigenvalue weighted by atomic mass is 10.1. The average molecular weight is 473 g/mol. The molecule has 0 saturated heterocycles. The Kier molecular flexibility index (Phi) is 9.97. The fraction of sp³-hybridized carbons (Fsp3) is 0.316. The lowest BCUT2D eigenvalue weighted by molar-refractivity contribution is 0.275. The molecule has 0 aliphatic rings. The number of nitrogens with one attached hydrogen (secondary N) is 2. The van der Waals surface area contributed by atoms with Crippen LogP contribution >= 0.6 is 24.0 Å². The Bertz CT molecular complexity index is 726. The van der Waals surface area contributed by atoms with E-state index in [1.54, 1.807) is 19.2 Å². The van der Waals surface area contributed by atoms with Gasteiger partial charge in [-0.25, -0.2) is 9.38 Å². The molecular weight excluding hydrogens is 448 g/mol. The summed E-state index contributed by atoms with van der Waals surface area (Å²) in [6.07, 6.45) is 0. The van der Waals surface area contributed by atoms with Crippen LogP contribution in [0.3, 0.4) is 0 Å². The maximum Gasteiger partial charge on any atom is 0.191 e. The highest BCUT2D eigenvalue weighted by Gasteiger charge is 2.05. The summed E-state index contributed by atoms with van der Waals surface area (Å²) in [6.45, 7) is 3.34. The molecule has 0 aromatic heterocycles. The molecule has 0 aliphatic carbocycles. The van der Waals surface area contributed by atoms with Gasteiger partial charge < -0.3 is 20.5 Å². The zero-order valence-corrected chi connectivity index (χ0v) is 17.3. The number of benzene rings is 2. The van der Waals surface area contributed by atoms with Gasteiger partial charge in [-0.15, -0.1) is 24.0 Å². The maximum absolute atomic E-state index is 13.4. The molecule has 0 spiro atoms. The van der Waals surface area contributed by atoms with Crippen LogP contribution in [0.4, 0.5) is 4.39 Å². The normalized spacial score (nSPS) is 10.8. The third kappa shape index (κ3) is 6.45. The summed E-state index contributed by atoms with van der Waals surface area (Å²) in [5, 5.41) is 15.6. The van der Waals surface area contributed by atoms with Gasteiger partial charge in [-0.1, -0.05) is 24.3 Å². The number of hydrogen-bond acceptors (Lipinski definition) is 3. The van der Waals surface area contributed by atoms with Crippen molar-refractivity contribution in [3.05, 3.63) is 65.0 Å². The maximum atomic E-state index is 13.4. The van der Waals surface area contributed by atoms with Crippen LogP contribution in [0, 0.1) is 5.82 Å². The number of guanidine groups is 1. The highest BCUT2D eigenvalue weighted by Crippen LogP contribution is 2.16. The number of rotatable bonds is 7. The fourth-order valence-corrected chi connectivity index (χ4v) is 2.39. The van der Waals surface area contributed by atoms with Gasteiger partial charge in [0.15, 0.2) is 5.96 Å². The zero-order valence-electron chi connectivity index (χ0n) is 15.0. The molecule has 0 bridgehead atoms. The minimum absolute atomic E-state index is 0. The molecule has 142 valence electrons. The molecule has 2 aromatic carbocycles. The number of para-hydroxylation sites is 1. The molecule has 3 N–H and O–H groups in total. The second kappa shape index (κ2) is 11.7. The van der Waals surface area contributed by atoms with Gasteiger partial charge in [0, 0.05) is 24.2 Å². The van der Waals surface area contributed by atoms with E-state index in [0.29, 0.717) is 19.0 Å². The molecule has 0 fully saturated rings. The highest BCUT2D eigenvalue weighted by atomic mass is 127. The quantitative estimate of drug-likeness (QED) is 0.329. The van der Waals surface area contributed by atoms with E-state index in [-0.39, 0.29) is 36.1 Å². The lowest BCUT2D eigenvalue weighted by Crippen LogP contribution is -2.36. The molecule has 0 heterocycles. The van der Waals surface area contributed by atoms with Crippen molar-refractivity contribution < 1.29 is 14.2 Å². The first-order valence-corrected chi connectivity index (χ1v) is 8.20. The van der Waals surface area contributed by atoms with Crippen molar-refractivity contribution in [3.8, 4) is 5.75 Å². The molecule has 5 nitrogen and oxygen atoms in total. The Labute approximate surface area is 170 Å². The van der Waals surface area contributed by atoms with E-state index in [2.05, 4.69) is 15.6 Å². The first-order chi connectivity index (χ1) is 12.2. The van der Waals surface area contributed by atoms with Crippen molar-refractivity contribution >= 4 is 29.9 Å². The third-order valence-electron chi connectivity index (χ3n) is 3.68. The summed E-state index contributed by atoms with van der Waals surface area (Å²) < 4.78 is 18.8. The van der Waals surface area contributed by atoms with E-state index in [1.807, 2.05) is 31.2 Å². The largest absolute Gasteiger partial charge is 0.496 e. The highest BCUT2D eigenvalue weighted by molar-refractivity contribution is 14.0. The summed E-state index contributed by atoms with van der Waals surface area (Å²) in [5.74, 6) is 1.07. The van der Waals surface area contributed by atoms with Crippen LogP contribution in [0.2, 0.25) is 0 Å². The van der Waals surface area contributed by atoms with Crippen molar-refractivity contribution in [1.29, 1.82) is 0 Å². The number of methoxy groups -OCH3 is 1. The van der Waals surface area contributed by atoms with Crippen LogP contribution in [0.5, 0.6) is 5.75 Å². The molecule has 26 heavy (non-hydrogen) atoms. The summed E-state index contributed by atoms with van der Waals surface area (Å²) in [5.41, 5.74) is 2.14. The predicted octanol–water partition coefficient (Wildman–Crippen LogP) is 3.20. The van der Waals surface area contributed by atoms with E-state index in [0.717, 1.165) is 23.4 Å². The lowest BCUT2D eigenvalue weighted by Gasteiger charge is -2.13. The van der Waals surface area contributed by atoms with Gasteiger partial charge in [-0.2, -0.15) is 0 Å². The molecule has 0 amide bonds. The van der Waals surface area contributed by atoms with E-state index < -0.39 is 5.82 Å². The van der Waals surface area contributed by atoms with Crippen molar-refractivity contribution in [3.63, 3.8) is 0 Å². The van der Waals surface area contributed by atoms with Crippen LogP contribution in [0.15, 0.2) is 47.5 Å². The van der Waals surface area contributed by atoms with Gasteiger partial charge in [0.1, 0.15) is 11.6 Å². The van der Waals surface area contributed by atoms with Crippen molar-refractivity contribution in [2.75, 3.05) is 13.7 Å². The molecule has 0 aliphatic heterocycles. The zero-order chi connectivity index (χ0) is 18.1. The number of nitrogens with zero attached hydrogens (tertiary/aromatic N) is 1. The van der Waals surface area contributed by atoms with Gasteiger partial charge in [-0.05, 0) is 30.7 Å². The van der Waals surface area contributed by atoms with Crippen molar-refractivity contribution in [1.82, 2.24) is 10.6 Å². The molecule has 2 aromatic rings. The topological polar surface area (TPSA) is 65.9 Å². The van der Waals surface area contributed by atoms with Gasteiger partial charge in [-0.3, -0.25) is 0 Å². The Morgan fingerprint density at radius 2 is 1.92 bits per heavy atom. The summed E-state index contributed by atoms with van der Waals surface area (Å²) in [4.78, 5) is 4.51. The monoisotopic (exact) mass is 473 g/mol. The third-order valence-corrected chi connectivity index (χ3v) is 3.68. The van der Waals surface area contributed by atoms with E-state index in [4.69, 9.17) is 9.84 Å². The fourth-order valence-electron chi connectivity index (χ4n) is 2.39. The molecule has 7 heteroatoms. The number of hydrogen-bond donors (Lipinski definition) is 3. The van der Waals surface area contributed by atoms with Crippen LogP contribution < -0.4 is 15.4 Å². The number of aliphatic hydroxyl groups is 1. The molecule has 0 unspecified atom stereocenters. The number of aliphatic hydroxyl groups excluding tert-OH is 1. The first-order valence-electron chi connectivity index (χ1n) is 8.20. The van der Waals surface area contributed by atoms with Crippen molar-refractivity contribution in [2.45, 2.75) is 26.6 Å². The van der Waals surface area contributed by atoms with E-state index >= 15 is 0 Å². The van der Waals surface area contributed by atoms with Crippen LogP contribution in [0.1, 0.15) is 23.6 Å². The smallest absolute Gasteiger partial charge is 0.191 e. The standard InChI is InChI=1S/C19H24FN3O2.HI/c1-3-21-19(23-12-15-6-4-5-7-18(15)25-2)22-11-14-8-9-17(20)16(10-14)13-24;/h4-10,24H,3,11-13H2,1-2H3,(H2,21,22,23);1H. The SMILES string of the molecule is CCNC(=NCc1ccc(F)c(CO)c1)NCc1ccccc1OC.I. The van der Waals surface area contributed by atoms with Gasteiger partial charge in [0.05, 0.1) is 20.3 Å². The minimum atomic E-state index is -0.406. The predicted molar refractivity (Wildman–Crippen MR) is 112 cm³/mol. The number of halogens is 2. The molecule has 0 radical (unpaired) electrons. The van der Waals surface area contributed by atoms with Crippen LogP contribution in [-0.4, -0.2) is 24.7 Å². The summed E-state index contributed by atoms with van der Waals surface area (Å²) >= 11 is 0. The molecule has 0 saturated carbocycles. The van der Waals surface area contributed by atoms with Crippen molar-refractivity contribution in [2.24, 2.45) is 4.99 Å². The Balaban J connectivity index is 0.00000338. The minimum Gasteiger partial charge on any atom is -0.496 e.